The van der Waals surface area contributed by atoms with Crippen LogP contribution in [0.1, 0.15) is 38.5 Å². The van der Waals surface area contributed by atoms with Gasteiger partial charge in [0.1, 0.15) is 6.54 Å². The Hall–Kier alpha value is -1.43. The highest BCUT2D eigenvalue weighted by Gasteiger charge is 2.30. The second-order valence-corrected chi connectivity index (χ2v) is 5.48. The SMILES string of the molecule is O=C(CN1C(=O)CCC1=O)NCCCCN1CCCC1. The minimum absolute atomic E-state index is 0.121. The Morgan fingerprint density at radius 2 is 1.70 bits per heavy atom. The molecule has 112 valence electrons. The number of rotatable bonds is 7. The summed E-state index contributed by atoms with van der Waals surface area (Å²) in [7, 11) is 0. The molecular weight excluding hydrogens is 258 g/mol. The molecule has 6 nitrogen and oxygen atoms in total. The Kier molecular flexibility index (Phi) is 5.52. The van der Waals surface area contributed by atoms with Gasteiger partial charge in [-0.1, -0.05) is 0 Å². The van der Waals surface area contributed by atoms with Crippen LogP contribution in [-0.2, 0) is 14.4 Å². The largest absolute Gasteiger partial charge is 0.355 e. The van der Waals surface area contributed by atoms with Crippen LogP contribution in [0, 0.1) is 0 Å². The number of hydrogen-bond acceptors (Lipinski definition) is 4. The van der Waals surface area contributed by atoms with E-state index in [1.54, 1.807) is 0 Å². The van der Waals surface area contributed by atoms with Crippen molar-refractivity contribution < 1.29 is 14.4 Å². The lowest BCUT2D eigenvalue weighted by Crippen LogP contribution is -2.40. The summed E-state index contributed by atoms with van der Waals surface area (Å²) in [5, 5.41) is 2.77. The zero-order valence-corrected chi connectivity index (χ0v) is 11.9. The van der Waals surface area contributed by atoms with Crippen LogP contribution < -0.4 is 5.32 Å². The molecule has 6 heteroatoms. The van der Waals surface area contributed by atoms with Crippen molar-refractivity contribution in [2.45, 2.75) is 38.5 Å². The zero-order valence-electron chi connectivity index (χ0n) is 11.9. The smallest absolute Gasteiger partial charge is 0.240 e. The minimum atomic E-state index is -0.241. The van der Waals surface area contributed by atoms with Crippen molar-refractivity contribution in [1.29, 1.82) is 0 Å². The first-order chi connectivity index (χ1) is 9.66. The molecule has 0 unspecified atom stereocenters. The third-order valence-corrected chi connectivity index (χ3v) is 3.88. The Bertz CT molecular complexity index is 362. The van der Waals surface area contributed by atoms with Crippen LogP contribution in [-0.4, -0.2) is 60.2 Å². The van der Waals surface area contributed by atoms with Gasteiger partial charge in [0.25, 0.3) is 0 Å². The highest BCUT2D eigenvalue weighted by Crippen LogP contribution is 2.10. The molecule has 0 saturated carbocycles. The molecule has 0 radical (unpaired) electrons. The van der Waals surface area contributed by atoms with E-state index in [0.717, 1.165) is 24.3 Å². The molecule has 0 aromatic rings. The Balaban J connectivity index is 1.53. The van der Waals surface area contributed by atoms with Gasteiger partial charge in [0.15, 0.2) is 0 Å². The van der Waals surface area contributed by atoms with E-state index in [1.165, 1.54) is 25.9 Å². The molecule has 3 amide bonds. The van der Waals surface area contributed by atoms with E-state index < -0.39 is 0 Å². The van der Waals surface area contributed by atoms with E-state index in [0.29, 0.717) is 6.54 Å². The maximum Gasteiger partial charge on any atom is 0.240 e. The number of imide groups is 1. The zero-order chi connectivity index (χ0) is 14.4. The van der Waals surface area contributed by atoms with Gasteiger partial charge in [-0.2, -0.15) is 0 Å². The topological polar surface area (TPSA) is 69.7 Å². The average Bonchev–Trinajstić information content (AvgIpc) is 3.04. The van der Waals surface area contributed by atoms with E-state index >= 15 is 0 Å². The lowest BCUT2D eigenvalue weighted by Gasteiger charge is -2.15. The number of carbonyl (C=O) groups is 3. The molecule has 2 rings (SSSR count). The second kappa shape index (κ2) is 7.38. The highest BCUT2D eigenvalue weighted by molar-refractivity contribution is 6.04. The molecule has 2 fully saturated rings. The number of carbonyl (C=O) groups excluding carboxylic acids is 3. The third-order valence-electron chi connectivity index (χ3n) is 3.88. The van der Waals surface area contributed by atoms with Gasteiger partial charge in [0.2, 0.25) is 17.7 Å². The lowest BCUT2D eigenvalue weighted by atomic mass is 10.3. The Labute approximate surface area is 119 Å². The summed E-state index contributed by atoms with van der Waals surface area (Å²) in [4.78, 5) is 37.9. The van der Waals surface area contributed by atoms with Gasteiger partial charge in [0.05, 0.1) is 0 Å². The fourth-order valence-electron chi connectivity index (χ4n) is 2.69. The highest BCUT2D eigenvalue weighted by atomic mass is 16.2. The van der Waals surface area contributed by atoms with E-state index in [4.69, 9.17) is 0 Å². The second-order valence-electron chi connectivity index (χ2n) is 5.48. The van der Waals surface area contributed by atoms with Gasteiger partial charge in [-0.15, -0.1) is 0 Å². The first-order valence-electron chi connectivity index (χ1n) is 7.49. The van der Waals surface area contributed by atoms with Crippen LogP contribution in [0.2, 0.25) is 0 Å². The van der Waals surface area contributed by atoms with Crippen molar-refractivity contribution in [2.75, 3.05) is 32.7 Å². The molecule has 20 heavy (non-hydrogen) atoms. The van der Waals surface area contributed by atoms with Crippen molar-refractivity contribution in [3.63, 3.8) is 0 Å². The van der Waals surface area contributed by atoms with Gasteiger partial charge in [-0.25, -0.2) is 0 Å². The summed E-state index contributed by atoms with van der Waals surface area (Å²) >= 11 is 0. The quantitative estimate of drug-likeness (QED) is 0.532. The Morgan fingerprint density at radius 3 is 2.35 bits per heavy atom. The molecule has 0 spiro atoms. The van der Waals surface area contributed by atoms with Gasteiger partial charge >= 0.3 is 0 Å². The lowest BCUT2D eigenvalue weighted by molar-refractivity contribution is -0.142. The Morgan fingerprint density at radius 1 is 1.05 bits per heavy atom. The number of likely N-dealkylation sites (tertiary alicyclic amines) is 2. The molecule has 2 heterocycles. The fourth-order valence-corrected chi connectivity index (χ4v) is 2.69. The van der Waals surface area contributed by atoms with Crippen LogP contribution >= 0.6 is 0 Å². The normalized spacial score (nSPS) is 19.9. The fraction of sp³-hybridized carbons (Fsp3) is 0.786. The van der Waals surface area contributed by atoms with Crippen LogP contribution in [0.4, 0.5) is 0 Å². The minimum Gasteiger partial charge on any atom is -0.355 e. The molecule has 2 aliphatic rings. The number of unbranched alkanes of at least 4 members (excludes halogenated alkanes) is 1. The maximum atomic E-state index is 11.6. The van der Waals surface area contributed by atoms with E-state index in [-0.39, 0.29) is 37.1 Å². The number of amides is 3. The summed E-state index contributed by atoms with van der Waals surface area (Å²) in [5.74, 6) is -0.715. The van der Waals surface area contributed by atoms with Crippen molar-refractivity contribution in [3.05, 3.63) is 0 Å². The van der Waals surface area contributed by atoms with Crippen LogP contribution in [0.15, 0.2) is 0 Å². The molecule has 0 atom stereocenters. The average molecular weight is 281 g/mol. The molecule has 0 aromatic heterocycles. The molecule has 2 aliphatic heterocycles. The van der Waals surface area contributed by atoms with Gasteiger partial charge in [0, 0.05) is 19.4 Å². The predicted octanol–water partition coefficient (Wildman–Crippen LogP) is 0.128. The van der Waals surface area contributed by atoms with Crippen molar-refractivity contribution in [2.24, 2.45) is 0 Å². The molecule has 0 aromatic carbocycles. The molecular formula is C14H23N3O3. The van der Waals surface area contributed by atoms with Crippen molar-refractivity contribution in [3.8, 4) is 0 Å². The van der Waals surface area contributed by atoms with Gasteiger partial charge < -0.3 is 10.2 Å². The number of hydrogen-bond donors (Lipinski definition) is 1. The predicted molar refractivity (Wildman–Crippen MR) is 73.9 cm³/mol. The number of nitrogens with one attached hydrogen (secondary N) is 1. The molecule has 1 N–H and O–H groups in total. The number of nitrogens with zero attached hydrogens (tertiary/aromatic N) is 2. The van der Waals surface area contributed by atoms with Crippen LogP contribution in [0.25, 0.3) is 0 Å². The summed E-state index contributed by atoms with van der Waals surface area (Å²) < 4.78 is 0. The van der Waals surface area contributed by atoms with Crippen LogP contribution in [0.5, 0.6) is 0 Å². The van der Waals surface area contributed by atoms with Gasteiger partial charge in [-0.3, -0.25) is 19.3 Å². The molecule has 0 aliphatic carbocycles. The van der Waals surface area contributed by atoms with Crippen molar-refractivity contribution in [1.82, 2.24) is 15.1 Å². The third kappa shape index (κ3) is 4.30. The summed E-state index contributed by atoms with van der Waals surface area (Å²) in [5.41, 5.74) is 0. The first-order valence-corrected chi connectivity index (χ1v) is 7.49. The summed E-state index contributed by atoms with van der Waals surface area (Å²) in [6, 6.07) is 0. The van der Waals surface area contributed by atoms with E-state index in [2.05, 4.69) is 10.2 Å². The summed E-state index contributed by atoms with van der Waals surface area (Å²) in [6.07, 6.45) is 5.08. The maximum absolute atomic E-state index is 11.6. The van der Waals surface area contributed by atoms with Crippen LogP contribution in [0.3, 0.4) is 0 Å². The standard InChI is InChI=1S/C14H23N3O3/c18-12(11-17-13(19)5-6-14(17)20)15-7-1-2-8-16-9-3-4-10-16/h1-11H2,(H,15,18). The first kappa shape index (κ1) is 15.0. The van der Waals surface area contributed by atoms with Gasteiger partial charge in [-0.05, 0) is 45.3 Å². The van der Waals surface area contributed by atoms with Crippen molar-refractivity contribution >= 4 is 17.7 Å². The molecule has 0 bridgehead atoms. The monoisotopic (exact) mass is 281 g/mol. The van der Waals surface area contributed by atoms with E-state index in [9.17, 15) is 14.4 Å². The molecule has 2 saturated heterocycles. The van der Waals surface area contributed by atoms with E-state index in [1.807, 2.05) is 0 Å². The summed E-state index contributed by atoms with van der Waals surface area (Å²) in [6.45, 7) is 3.99.